The third-order valence-corrected chi connectivity index (χ3v) is 4.66. The number of oxazole rings is 1. The highest BCUT2D eigenvalue weighted by molar-refractivity contribution is 8.00. The lowest BCUT2D eigenvalue weighted by Crippen LogP contribution is -2.44. The smallest absolute Gasteiger partial charge is 0.408 e. The Morgan fingerprint density at radius 3 is 2.50 bits per heavy atom. The Morgan fingerprint density at radius 2 is 1.73 bits per heavy atom. The van der Waals surface area contributed by atoms with Gasteiger partial charge in [0.2, 0.25) is 5.91 Å². The molecular weight excluding hydrogens is 378 g/mol. The maximum absolute atomic E-state index is 12.0. The molecule has 0 aliphatic heterocycles. The highest BCUT2D eigenvalue weighted by atomic mass is 35.5. The topological polar surface area (TPSA) is 93.3 Å². The summed E-state index contributed by atoms with van der Waals surface area (Å²) in [5.41, 5.74) is 5.50. The number of nitrogens with one attached hydrogen (secondary N) is 2. The first kappa shape index (κ1) is 18.1. The summed E-state index contributed by atoms with van der Waals surface area (Å²) in [7, 11) is 0. The van der Waals surface area contributed by atoms with Crippen molar-refractivity contribution in [3.8, 4) is 0 Å². The maximum atomic E-state index is 12.0. The number of nitrogens with zero attached hydrogens (tertiary/aromatic N) is 1. The molecule has 3 aromatic rings. The molecule has 7 nitrogen and oxygen atoms in total. The number of amides is 2. The van der Waals surface area contributed by atoms with Gasteiger partial charge in [0.15, 0.2) is 5.58 Å². The lowest BCUT2D eigenvalue weighted by Gasteiger charge is -2.07. The van der Waals surface area contributed by atoms with Crippen LogP contribution in [0.5, 0.6) is 0 Å². The van der Waals surface area contributed by atoms with Crippen molar-refractivity contribution in [2.45, 2.75) is 11.4 Å². The molecule has 0 atom stereocenters. The van der Waals surface area contributed by atoms with Gasteiger partial charge in [0.25, 0.3) is 5.91 Å². The molecule has 26 heavy (non-hydrogen) atoms. The Labute approximate surface area is 157 Å². The summed E-state index contributed by atoms with van der Waals surface area (Å²) < 4.78 is 6.24. The number of para-hydroxylation sites is 2. The number of thioether (sulfide) groups is 1. The molecular formula is C17H14ClN3O4S. The Hall–Kier alpha value is -2.71. The monoisotopic (exact) mass is 391 g/mol. The molecule has 0 bridgehead atoms. The van der Waals surface area contributed by atoms with Crippen LogP contribution in [-0.4, -0.2) is 22.1 Å². The number of hydrogen-bond acceptors (Lipinski definition) is 5. The van der Waals surface area contributed by atoms with E-state index in [0.717, 1.165) is 4.90 Å². The summed E-state index contributed by atoms with van der Waals surface area (Å²) in [6, 6.07) is 13.9. The van der Waals surface area contributed by atoms with E-state index in [2.05, 4.69) is 10.9 Å². The summed E-state index contributed by atoms with van der Waals surface area (Å²) in [6.45, 7) is -0.263. The third-order valence-electron chi connectivity index (χ3n) is 3.40. The number of hydrogen-bond donors (Lipinski definition) is 2. The van der Waals surface area contributed by atoms with Crippen LogP contribution in [0.15, 0.2) is 62.6 Å². The second-order valence-corrected chi connectivity index (χ2v) is 6.75. The van der Waals surface area contributed by atoms with Crippen LogP contribution >= 0.6 is 23.4 Å². The summed E-state index contributed by atoms with van der Waals surface area (Å²) in [6.07, 6.45) is 0. The van der Waals surface area contributed by atoms with Crippen LogP contribution in [0.25, 0.3) is 11.1 Å². The van der Waals surface area contributed by atoms with Crippen LogP contribution in [0, 0.1) is 0 Å². The van der Waals surface area contributed by atoms with Crippen molar-refractivity contribution in [1.82, 2.24) is 15.4 Å². The lowest BCUT2D eigenvalue weighted by molar-refractivity contribution is -0.128. The molecule has 0 unspecified atom stereocenters. The molecule has 0 aliphatic carbocycles. The Bertz CT molecular complexity index is 997. The summed E-state index contributed by atoms with van der Waals surface area (Å²) in [4.78, 5) is 36.5. The molecule has 134 valence electrons. The molecule has 0 spiro atoms. The van der Waals surface area contributed by atoms with Gasteiger partial charge in [0.05, 0.1) is 11.3 Å². The fourth-order valence-electron chi connectivity index (χ4n) is 2.20. The minimum atomic E-state index is -0.633. The van der Waals surface area contributed by atoms with Crippen LogP contribution < -0.4 is 16.6 Å². The summed E-state index contributed by atoms with van der Waals surface area (Å²) in [5.74, 6) is -1.42. The number of carbonyl (C=O) groups excluding carboxylic acids is 2. The number of aromatic nitrogens is 1. The lowest BCUT2D eigenvalue weighted by atomic mass is 10.3. The number of rotatable bonds is 5. The van der Waals surface area contributed by atoms with Crippen molar-refractivity contribution in [3.05, 3.63) is 64.1 Å². The Balaban J connectivity index is 1.50. The molecule has 0 fully saturated rings. The first-order valence-corrected chi connectivity index (χ1v) is 8.94. The average Bonchev–Trinajstić information content (AvgIpc) is 2.95. The highest BCUT2D eigenvalue weighted by Crippen LogP contribution is 2.19. The van der Waals surface area contributed by atoms with Gasteiger partial charge in [-0.25, -0.2) is 4.79 Å². The maximum Gasteiger partial charge on any atom is 0.420 e. The van der Waals surface area contributed by atoms with Gasteiger partial charge in [-0.05, 0) is 36.4 Å². The number of hydrazine groups is 1. The van der Waals surface area contributed by atoms with E-state index < -0.39 is 11.7 Å². The van der Waals surface area contributed by atoms with Crippen LogP contribution in [0.2, 0.25) is 5.02 Å². The molecule has 1 heterocycles. The predicted molar refractivity (Wildman–Crippen MR) is 98.9 cm³/mol. The van der Waals surface area contributed by atoms with E-state index in [1.54, 1.807) is 48.5 Å². The molecule has 0 saturated heterocycles. The highest BCUT2D eigenvalue weighted by Gasteiger charge is 2.12. The summed E-state index contributed by atoms with van der Waals surface area (Å²) in [5, 5.41) is 0.619. The molecule has 3 rings (SSSR count). The van der Waals surface area contributed by atoms with E-state index in [4.69, 9.17) is 16.0 Å². The van der Waals surface area contributed by atoms with E-state index >= 15 is 0 Å². The van der Waals surface area contributed by atoms with Crippen molar-refractivity contribution in [3.63, 3.8) is 0 Å². The number of benzene rings is 2. The van der Waals surface area contributed by atoms with Gasteiger partial charge in [0.1, 0.15) is 6.54 Å². The van der Waals surface area contributed by atoms with E-state index in [-0.39, 0.29) is 18.2 Å². The van der Waals surface area contributed by atoms with E-state index in [0.29, 0.717) is 16.1 Å². The zero-order valence-corrected chi connectivity index (χ0v) is 15.0. The minimum absolute atomic E-state index is 0.122. The number of carbonyl (C=O) groups is 2. The zero-order chi connectivity index (χ0) is 18.5. The van der Waals surface area contributed by atoms with Crippen molar-refractivity contribution >= 4 is 46.3 Å². The van der Waals surface area contributed by atoms with E-state index in [1.807, 2.05) is 0 Å². The molecule has 0 saturated carbocycles. The zero-order valence-electron chi connectivity index (χ0n) is 13.4. The second-order valence-electron chi connectivity index (χ2n) is 5.26. The average molecular weight is 392 g/mol. The van der Waals surface area contributed by atoms with Crippen LogP contribution in [0.1, 0.15) is 0 Å². The number of halogens is 1. The molecule has 9 heteroatoms. The molecule has 0 radical (unpaired) electrons. The SMILES string of the molecule is O=C(CSc1ccc(Cl)cc1)NNC(=O)Cn1c(=O)oc2ccccc21. The Kier molecular flexibility index (Phi) is 5.65. The fourth-order valence-corrected chi connectivity index (χ4v) is 3.03. The van der Waals surface area contributed by atoms with Crippen molar-refractivity contribution in [2.75, 3.05) is 5.75 Å². The fraction of sp³-hybridized carbons (Fsp3) is 0.118. The van der Waals surface area contributed by atoms with Crippen molar-refractivity contribution < 1.29 is 14.0 Å². The van der Waals surface area contributed by atoms with Crippen LogP contribution in [-0.2, 0) is 16.1 Å². The quantitative estimate of drug-likeness (QED) is 0.513. The van der Waals surface area contributed by atoms with Gasteiger partial charge in [-0.1, -0.05) is 23.7 Å². The Morgan fingerprint density at radius 1 is 1.04 bits per heavy atom. The molecule has 2 amide bonds. The third kappa shape index (κ3) is 4.47. The van der Waals surface area contributed by atoms with Crippen LogP contribution in [0.4, 0.5) is 0 Å². The van der Waals surface area contributed by atoms with Crippen LogP contribution in [0.3, 0.4) is 0 Å². The molecule has 0 aliphatic rings. The van der Waals surface area contributed by atoms with Gasteiger partial charge in [0, 0.05) is 9.92 Å². The van der Waals surface area contributed by atoms with Gasteiger partial charge >= 0.3 is 5.76 Å². The summed E-state index contributed by atoms with van der Waals surface area (Å²) >= 11 is 7.10. The van der Waals surface area contributed by atoms with Crippen molar-refractivity contribution in [1.29, 1.82) is 0 Å². The molecule has 2 aromatic carbocycles. The minimum Gasteiger partial charge on any atom is -0.408 e. The standard InChI is InChI=1S/C17H14ClN3O4S/c18-11-5-7-12(8-6-11)26-10-16(23)20-19-15(22)9-21-13-3-1-2-4-14(13)25-17(21)24/h1-8H,9-10H2,(H,19,22)(H,20,23). The van der Waals surface area contributed by atoms with Gasteiger partial charge in [-0.3, -0.25) is 25.0 Å². The van der Waals surface area contributed by atoms with Gasteiger partial charge in [-0.15, -0.1) is 11.8 Å². The first-order valence-electron chi connectivity index (χ1n) is 7.57. The normalized spacial score (nSPS) is 10.7. The van der Waals surface area contributed by atoms with Gasteiger partial charge < -0.3 is 4.42 Å². The van der Waals surface area contributed by atoms with Gasteiger partial charge in [-0.2, -0.15) is 0 Å². The number of fused-ring (bicyclic) bond motifs is 1. The first-order chi connectivity index (χ1) is 12.5. The molecule has 1 aromatic heterocycles. The van der Waals surface area contributed by atoms with Crippen molar-refractivity contribution in [2.24, 2.45) is 0 Å². The van der Waals surface area contributed by atoms with E-state index in [9.17, 15) is 14.4 Å². The second kappa shape index (κ2) is 8.11. The largest absolute Gasteiger partial charge is 0.420 e. The molecule has 2 N–H and O–H groups in total. The predicted octanol–water partition coefficient (Wildman–Crippen LogP) is 2.19. The van der Waals surface area contributed by atoms with E-state index in [1.165, 1.54) is 16.3 Å².